The molecule has 2 atom stereocenters. The SMILES string of the molecule is CCC1CCN(C(=O)CCN2CCCC2)C(C(=O)O)C1. The number of carbonyl (C=O) groups excluding carboxylic acids is 1. The summed E-state index contributed by atoms with van der Waals surface area (Å²) in [6.07, 6.45) is 5.44. The van der Waals surface area contributed by atoms with E-state index in [1.807, 2.05) is 0 Å². The molecule has 0 bridgehead atoms. The quantitative estimate of drug-likeness (QED) is 0.831. The van der Waals surface area contributed by atoms with Crippen molar-refractivity contribution in [1.29, 1.82) is 0 Å². The van der Waals surface area contributed by atoms with Gasteiger partial charge in [-0.3, -0.25) is 4.79 Å². The minimum Gasteiger partial charge on any atom is -0.480 e. The Labute approximate surface area is 120 Å². The molecular formula is C15H26N2O3. The lowest BCUT2D eigenvalue weighted by atomic mass is 9.88. The fourth-order valence-corrected chi connectivity index (χ4v) is 3.35. The van der Waals surface area contributed by atoms with Crippen LogP contribution in [0.4, 0.5) is 0 Å². The van der Waals surface area contributed by atoms with Crippen LogP contribution in [-0.2, 0) is 9.59 Å². The van der Waals surface area contributed by atoms with Crippen molar-refractivity contribution in [3.8, 4) is 0 Å². The van der Waals surface area contributed by atoms with Gasteiger partial charge in [-0.25, -0.2) is 4.79 Å². The average Bonchev–Trinajstić information content (AvgIpc) is 2.97. The second-order valence-electron chi connectivity index (χ2n) is 6.04. The first-order chi connectivity index (χ1) is 9.61. The van der Waals surface area contributed by atoms with Crippen molar-refractivity contribution in [2.75, 3.05) is 26.2 Å². The molecule has 5 heteroatoms. The average molecular weight is 282 g/mol. The summed E-state index contributed by atoms with van der Waals surface area (Å²) < 4.78 is 0. The third-order valence-corrected chi connectivity index (χ3v) is 4.73. The maximum Gasteiger partial charge on any atom is 0.326 e. The van der Waals surface area contributed by atoms with Crippen LogP contribution >= 0.6 is 0 Å². The molecule has 1 amide bonds. The van der Waals surface area contributed by atoms with Gasteiger partial charge in [0.05, 0.1) is 0 Å². The van der Waals surface area contributed by atoms with Gasteiger partial charge in [0.15, 0.2) is 0 Å². The molecule has 0 aromatic rings. The zero-order chi connectivity index (χ0) is 14.5. The van der Waals surface area contributed by atoms with Crippen LogP contribution in [0.15, 0.2) is 0 Å². The molecule has 5 nitrogen and oxygen atoms in total. The van der Waals surface area contributed by atoms with Crippen LogP contribution in [0, 0.1) is 5.92 Å². The number of hydrogen-bond acceptors (Lipinski definition) is 3. The third-order valence-electron chi connectivity index (χ3n) is 4.73. The summed E-state index contributed by atoms with van der Waals surface area (Å²) in [5, 5.41) is 9.35. The predicted molar refractivity (Wildman–Crippen MR) is 76.4 cm³/mol. The zero-order valence-electron chi connectivity index (χ0n) is 12.4. The first kappa shape index (κ1) is 15.3. The monoisotopic (exact) mass is 282 g/mol. The highest BCUT2D eigenvalue weighted by atomic mass is 16.4. The number of nitrogens with zero attached hydrogens (tertiary/aromatic N) is 2. The molecule has 0 radical (unpaired) electrons. The largest absolute Gasteiger partial charge is 0.480 e. The number of carbonyl (C=O) groups is 2. The smallest absolute Gasteiger partial charge is 0.326 e. The van der Waals surface area contributed by atoms with Crippen LogP contribution in [0.2, 0.25) is 0 Å². The van der Waals surface area contributed by atoms with E-state index in [1.54, 1.807) is 4.90 Å². The van der Waals surface area contributed by atoms with E-state index in [9.17, 15) is 14.7 Å². The molecule has 2 heterocycles. The van der Waals surface area contributed by atoms with Gasteiger partial charge in [-0.05, 0) is 44.7 Å². The van der Waals surface area contributed by atoms with E-state index in [0.29, 0.717) is 25.3 Å². The van der Waals surface area contributed by atoms with E-state index in [2.05, 4.69) is 11.8 Å². The number of likely N-dealkylation sites (tertiary alicyclic amines) is 2. The highest BCUT2D eigenvalue weighted by Crippen LogP contribution is 2.26. The Morgan fingerprint density at radius 1 is 1.20 bits per heavy atom. The summed E-state index contributed by atoms with van der Waals surface area (Å²) in [4.78, 5) is 27.6. The molecule has 1 N–H and O–H groups in total. The lowest BCUT2D eigenvalue weighted by Crippen LogP contribution is -2.50. The highest BCUT2D eigenvalue weighted by Gasteiger charge is 2.35. The van der Waals surface area contributed by atoms with Gasteiger partial charge in [-0.2, -0.15) is 0 Å². The van der Waals surface area contributed by atoms with Crippen molar-refractivity contribution in [2.45, 2.75) is 51.5 Å². The molecule has 0 saturated carbocycles. The van der Waals surface area contributed by atoms with E-state index in [0.717, 1.165) is 32.5 Å². The topological polar surface area (TPSA) is 60.9 Å². The summed E-state index contributed by atoms with van der Waals surface area (Å²) in [6, 6.07) is -0.611. The molecule has 20 heavy (non-hydrogen) atoms. The van der Waals surface area contributed by atoms with E-state index in [4.69, 9.17) is 0 Å². The van der Waals surface area contributed by atoms with Crippen LogP contribution in [0.25, 0.3) is 0 Å². The van der Waals surface area contributed by atoms with Gasteiger partial charge < -0.3 is 14.9 Å². The number of rotatable bonds is 5. The van der Waals surface area contributed by atoms with Crippen molar-refractivity contribution in [1.82, 2.24) is 9.80 Å². The molecule has 0 aliphatic carbocycles. The van der Waals surface area contributed by atoms with E-state index < -0.39 is 12.0 Å². The van der Waals surface area contributed by atoms with Crippen molar-refractivity contribution in [3.05, 3.63) is 0 Å². The Balaban J connectivity index is 1.87. The highest BCUT2D eigenvalue weighted by molar-refractivity contribution is 5.84. The molecule has 2 rings (SSSR count). The molecule has 2 saturated heterocycles. The fourth-order valence-electron chi connectivity index (χ4n) is 3.35. The summed E-state index contributed by atoms with van der Waals surface area (Å²) in [7, 11) is 0. The number of carboxylic acid groups (broad SMARTS) is 1. The molecular weight excluding hydrogens is 256 g/mol. The van der Waals surface area contributed by atoms with E-state index >= 15 is 0 Å². The molecule has 0 aromatic heterocycles. The summed E-state index contributed by atoms with van der Waals surface area (Å²) in [6.45, 7) is 5.63. The number of amides is 1. The standard InChI is InChI=1S/C15H26N2O3/c1-2-12-5-10-17(13(11-12)15(19)20)14(18)6-9-16-7-3-4-8-16/h12-13H,2-11H2,1H3,(H,19,20). The second kappa shape index (κ2) is 7.07. The van der Waals surface area contributed by atoms with Crippen LogP contribution in [0.3, 0.4) is 0 Å². The third kappa shape index (κ3) is 3.72. The van der Waals surface area contributed by atoms with Crippen molar-refractivity contribution in [2.24, 2.45) is 5.92 Å². The minimum absolute atomic E-state index is 0.0128. The second-order valence-corrected chi connectivity index (χ2v) is 6.04. The summed E-state index contributed by atoms with van der Waals surface area (Å²) in [5.74, 6) is -0.393. The van der Waals surface area contributed by atoms with Crippen LogP contribution in [0.1, 0.15) is 45.4 Å². The molecule has 2 unspecified atom stereocenters. The molecule has 2 fully saturated rings. The van der Waals surface area contributed by atoms with Gasteiger partial charge in [0.2, 0.25) is 5.91 Å². The lowest BCUT2D eigenvalue weighted by Gasteiger charge is -2.37. The fraction of sp³-hybridized carbons (Fsp3) is 0.867. The van der Waals surface area contributed by atoms with Gasteiger partial charge >= 0.3 is 5.97 Å². The van der Waals surface area contributed by atoms with Gasteiger partial charge in [-0.15, -0.1) is 0 Å². The first-order valence-corrected chi connectivity index (χ1v) is 7.86. The Morgan fingerprint density at radius 2 is 1.90 bits per heavy atom. The maximum absolute atomic E-state index is 12.3. The normalized spacial score (nSPS) is 27.8. The van der Waals surface area contributed by atoms with Gasteiger partial charge in [0.1, 0.15) is 6.04 Å². The molecule has 114 valence electrons. The van der Waals surface area contributed by atoms with Crippen LogP contribution < -0.4 is 0 Å². The maximum atomic E-state index is 12.3. The van der Waals surface area contributed by atoms with Crippen LogP contribution in [-0.4, -0.2) is 59.0 Å². The van der Waals surface area contributed by atoms with Crippen molar-refractivity contribution < 1.29 is 14.7 Å². The zero-order valence-corrected chi connectivity index (χ0v) is 12.4. The van der Waals surface area contributed by atoms with Crippen molar-refractivity contribution >= 4 is 11.9 Å². The predicted octanol–water partition coefficient (Wildman–Crippen LogP) is 1.57. The van der Waals surface area contributed by atoms with Crippen molar-refractivity contribution in [3.63, 3.8) is 0 Å². The lowest BCUT2D eigenvalue weighted by molar-refractivity contribution is -0.153. The van der Waals surface area contributed by atoms with Gasteiger partial charge in [0.25, 0.3) is 0 Å². The Bertz CT molecular complexity index is 353. The Kier molecular flexibility index (Phi) is 5.40. The number of hydrogen-bond donors (Lipinski definition) is 1. The number of aliphatic carboxylic acids is 1. The Morgan fingerprint density at radius 3 is 2.50 bits per heavy atom. The molecule has 2 aliphatic rings. The summed E-state index contributed by atoms with van der Waals surface area (Å²) in [5.41, 5.74) is 0. The minimum atomic E-state index is -0.849. The van der Waals surface area contributed by atoms with Crippen LogP contribution in [0.5, 0.6) is 0 Å². The van der Waals surface area contributed by atoms with E-state index in [1.165, 1.54) is 12.8 Å². The Hall–Kier alpha value is -1.10. The van der Waals surface area contributed by atoms with Gasteiger partial charge in [0, 0.05) is 19.5 Å². The summed E-state index contributed by atoms with van der Waals surface area (Å²) >= 11 is 0. The molecule has 2 aliphatic heterocycles. The van der Waals surface area contributed by atoms with Gasteiger partial charge in [-0.1, -0.05) is 13.3 Å². The van der Waals surface area contributed by atoms with E-state index in [-0.39, 0.29) is 5.91 Å². The number of carboxylic acids is 1. The first-order valence-electron chi connectivity index (χ1n) is 7.86. The molecule has 0 aromatic carbocycles. The molecule has 0 spiro atoms. The number of piperidine rings is 1.